The van der Waals surface area contributed by atoms with E-state index in [9.17, 15) is 9.90 Å². The van der Waals surface area contributed by atoms with Gasteiger partial charge in [-0.1, -0.05) is 0 Å². The summed E-state index contributed by atoms with van der Waals surface area (Å²) in [5, 5.41) is 10.3. The van der Waals surface area contributed by atoms with Crippen LogP contribution in [0.4, 0.5) is 0 Å². The van der Waals surface area contributed by atoms with Crippen LogP contribution in [-0.2, 0) is 13.0 Å². The van der Waals surface area contributed by atoms with Gasteiger partial charge in [-0.25, -0.2) is 4.79 Å². The van der Waals surface area contributed by atoms with E-state index in [0.717, 1.165) is 30.4 Å². The van der Waals surface area contributed by atoms with E-state index in [1.165, 1.54) is 11.3 Å². The Hall–Kier alpha value is -1.81. The molecule has 3 rings (SSSR count). The molecule has 0 aliphatic carbocycles. The lowest BCUT2D eigenvalue weighted by Crippen LogP contribution is -2.27. The molecular weight excluding hydrogens is 252 g/mol. The molecule has 0 saturated heterocycles. The van der Waals surface area contributed by atoms with Crippen molar-refractivity contribution in [1.29, 1.82) is 0 Å². The Bertz CT molecular complexity index is 685. The second-order valence-corrected chi connectivity index (χ2v) is 5.91. The Labute approximate surface area is 118 Å². The minimum atomic E-state index is -0.859. The smallest absolute Gasteiger partial charge is 0.335 e. The van der Waals surface area contributed by atoms with Gasteiger partial charge in [0.2, 0.25) is 0 Å². The minimum absolute atomic E-state index is 0.370. The van der Waals surface area contributed by atoms with Crippen molar-refractivity contribution in [3.8, 4) is 0 Å². The van der Waals surface area contributed by atoms with Crippen molar-refractivity contribution in [3.05, 3.63) is 35.0 Å². The van der Waals surface area contributed by atoms with Crippen LogP contribution in [0.2, 0.25) is 0 Å². The molecule has 1 aliphatic rings. The van der Waals surface area contributed by atoms with E-state index in [4.69, 9.17) is 0 Å². The van der Waals surface area contributed by atoms with Crippen LogP contribution in [0.25, 0.3) is 10.9 Å². The fourth-order valence-electron chi connectivity index (χ4n) is 3.25. The summed E-state index contributed by atoms with van der Waals surface area (Å²) in [5.74, 6) is -0.859. The molecule has 0 atom stereocenters. The molecule has 0 fully saturated rings. The molecule has 0 bridgehead atoms. The first-order valence-electron chi connectivity index (χ1n) is 7.06. The zero-order chi connectivity index (χ0) is 14.4. The summed E-state index contributed by atoms with van der Waals surface area (Å²) in [4.78, 5) is 13.5. The predicted octanol–water partition coefficient (Wildman–Crippen LogP) is 2.91. The topological polar surface area (TPSA) is 45.5 Å². The van der Waals surface area contributed by atoms with Crippen molar-refractivity contribution >= 4 is 16.9 Å². The highest BCUT2D eigenvalue weighted by atomic mass is 16.4. The van der Waals surface area contributed by atoms with Gasteiger partial charge in [0.1, 0.15) is 0 Å². The van der Waals surface area contributed by atoms with Gasteiger partial charge in [-0.15, -0.1) is 0 Å². The second kappa shape index (κ2) is 4.63. The first-order valence-corrected chi connectivity index (χ1v) is 7.06. The van der Waals surface area contributed by atoms with E-state index in [-0.39, 0.29) is 0 Å². The summed E-state index contributed by atoms with van der Waals surface area (Å²) in [5.41, 5.74) is 4.20. The van der Waals surface area contributed by atoms with Crippen molar-refractivity contribution in [2.45, 2.75) is 32.9 Å². The van der Waals surface area contributed by atoms with Crippen LogP contribution in [0.5, 0.6) is 0 Å². The van der Waals surface area contributed by atoms with E-state index >= 15 is 0 Å². The van der Waals surface area contributed by atoms with Gasteiger partial charge in [0.05, 0.1) is 5.56 Å². The Balaban J connectivity index is 2.31. The fourth-order valence-corrected chi connectivity index (χ4v) is 3.25. The standard InChI is InChI=1S/C16H20N2O2/c1-10(2)18-14-5-4-11(16(19)20)8-12(14)13-9-17(3)7-6-15(13)18/h4-5,8,10H,6-7,9H2,1-3H3,(H,19,20). The number of carbonyl (C=O) groups is 1. The molecule has 2 aromatic rings. The van der Waals surface area contributed by atoms with Gasteiger partial charge >= 0.3 is 5.97 Å². The lowest BCUT2D eigenvalue weighted by atomic mass is 10.0. The number of aromatic nitrogens is 1. The third-order valence-electron chi connectivity index (χ3n) is 4.14. The van der Waals surface area contributed by atoms with Crippen LogP contribution in [0.15, 0.2) is 18.2 Å². The zero-order valence-electron chi connectivity index (χ0n) is 12.2. The van der Waals surface area contributed by atoms with E-state index < -0.39 is 5.97 Å². The predicted molar refractivity (Wildman–Crippen MR) is 79.3 cm³/mol. The minimum Gasteiger partial charge on any atom is -0.478 e. The van der Waals surface area contributed by atoms with Crippen LogP contribution in [0.3, 0.4) is 0 Å². The van der Waals surface area contributed by atoms with Gasteiger partial charge in [0, 0.05) is 42.1 Å². The third kappa shape index (κ3) is 1.91. The van der Waals surface area contributed by atoms with Gasteiger partial charge in [-0.05, 0) is 44.7 Å². The highest BCUT2D eigenvalue weighted by Gasteiger charge is 2.24. The molecule has 1 N–H and O–H groups in total. The Kier molecular flexibility index (Phi) is 3.05. The molecule has 4 heteroatoms. The maximum Gasteiger partial charge on any atom is 0.335 e. The monoisotopic (exact) mass is 272 g/mol. The fraction of sp³-hybridized carbons (Fsp3) is 0.438. The van der Waals surface area contributed by atoms with Crippen LogP contribution in [0, 0.1) is 0 Å². The average molecular weight is 272 g/mol. The average Bonchev–Trinajstić information content (AvgIpc) is 2.71. The van der Waals surface area contributed by atoms with E-state index in [1.54, 1.807) is 6.07 Å². The van der Waals surface area contributed by atoms with Crippen LogP contribution >= 0.6 is 0 Å². The molecule has 2 heterocycles. The maximum absolute atomic E-state index is 11.2. The molecule has 0 spiro atoms. The number of benzene rings is 1. The Morgan fingerprint density at radius 1 is 1.35 bits per heavy atom. The Morgan fingerprint density at radius 3 is 2.75 bits per heavy atom. The van der Waals surface area contributed by atoms with E-state index in [1.807, 2.05) is 12.1 Å². The van der Waals surface area contributed by atoms with Crippen LogP contribution < -0.4 is 0 Å². The molecule has 0 amide bonds. The molecule has 1 aromatic carbocycles. The quantitative estimate of drug-likeness (QED) is 0.914. The molecule has 0 radical (unpaired) electrons. The van der Waals surface area contributed by atoms with Gasteiger partial charge in [0.15, 0.2) is 0 Å². The Morgan fingerprint density at radius 2 is 2.10 bits per heavy atom. The number of nitrogens with zero attached hydrogens (tertiary/aromatic N) is 2. The molecule has 1 aliphatic heterocycles. The maximum atomic E-state index is 11.2. The number of aromatic carboxylic acids is 1. The van der Waals surface area contributed by atoms with E-state index in [2.05, 4.69) is 30.4 Å². The summed E-state index contributed by atoms with van der Waals surface area (Å²) in [6.45, 7) is 6.32. The summed E-state index contributed by atoms with van der Waals surface area (Å²) in [6, 6.07) is 5.88. The molecule has 4 nitrogen and oxygen atoms in total. The highest BCUT2D eigenvalue weighted by molar-refractivity contribution is 5.95. The lowest BCUT2D eigenvalue weighted by molar-refractivity contribution is 0.0697. The van der Waals surface area contributed by atoms with Crippen LogP contribution in [-0.4, -0.2) is 34.1 Å². The van der Waals surface area contributed by atoms with Crippen molar-refractivity contribution in [2.24, 2.45) is 0 Å². The molecule has 0 unspecified atom stereocenters. The van der Waals surface area contributed by atoms with Crippen molar-refractivity contribution < 1.29 is 9.90 Å². The number of hydrogen-bond acceptors (Lipinski definition) is 2. The summed E-state index contributed by atoms with van der Waals surface area (Å²) in [6.07, 6.45) is 1.03. The zero-order valence-corrected chi connectivity index (χ0v) is 12.2. The number of fused-ring (bicyclic) bond motifs is 3. The van der Waals surface area contributed by atoms with Gasteiger partial charge in [-0.3, -0.25) is 0 Å². The van der Waals surface area contributed by atoms with E-state index in [0.29, 0.717) is 11.6 Å². The first-order chi connectivity index (χ1) is 9.49. The van der Waals surface area contributed by atoms with Crippen molar-refractivity contribution in [3.63, 3.8) is 0 Å². The summed E-state index contributed by atoms with van der Waals surface area (Å²) >= 11 is 0. The number of rotatable bonds is 2. The van der Waals surface area contributed by atoms with Crippen molar-refractivity contribution in [1.82, 2.24) is 9.47 Å². The van der Waals surface area contributed by atoms with Gasteiger partial charge in [-0.2, -0.15) is 0 Å². The SMILES string of the molecule is CC(C)n1c2c(c3cc(C(=O)O)ccc31)CN(C)CC2. The second-order valence-electron chi connectivity index (χ2n) is 5.91. The lowest BCUT2D eigenvalue weighted by Gasteiger charge is -2.25. The molecule has 1 aromatic heterocycles. The highest BCUT2D eigenvalue weighted by Crippen LogP contribution is 2.33. The normalized spacial score (nSPS) is 15.8. The van der Waals surface area contributed by atoms with Crippen LogP contribution in [0.1, 0.15) is 41.5 Å². The molecule has 20 heavy (non-hydrogen) atoms. The summed E-state index contributed by atoms with van der Waals surface area (Å²) in [7, 11) is 2.11. The number of hydrogen-bond donors (Lipinski definition) is 1. The number of carboxylic acids is 1. The third-order valence-corrected chi connectivity index (χ3v) is 4.14. The largest absolute Gasteiger partial charge is 0.478 e. The number of likely N-dealkylation sites (N-methyl/N-ethyl adjacent to an activating group) is 1. The number of carboxylic acid groups (broad SMARTS) is 1. The van der Waals surface area contributed by atoms with Crippen molar-refractivity contribution in [2.75, 3.05) is 13.6 Å². The first kappa shape index (κ1) is 13.2. The molecule has 106 valence electrons. The van der Waals surface area contributed by atoms with Gasteiger partial charge in [0.25, 0.3) is 0 Å². The van der Waals surface area contributed by atoms with Gasteiger partial charge < -0.3 is 14.6 Å². The molecular formula is C16H20N2O2. The summed E-state index contributed by atoms with van der Waals surface area (Å²) < 4.78 is 2.36. The molecule has 0 saturated carbocycles.